The van der Waals surface area contributed by atoms with Gasteiger partial charge in [-0.1, -0.05) is 31.7 Å². The van der Waals surface area contributed by atoms with E-state index in [1.54, 1.807) is 19.9 Å². The topological polar surface area (TPSA) is 82.1 Å². The Balaban J connectivity index is 1.91. The number of esters is 1. The number of hydrogen-bond donors (Lipinski definition) is 1. The van der Waals surface area contributed by atoms with Gasteiger partial charge < -0.3 is 19.3 Å². The third kappa shape index (κ3) is 8.10. The number of ether oxygens (including phenoxy) is 3. The second kappa shape index (κ2) is 11.9. The first-order valence-electron chi connectivity index (χ1n) is 10.7. The molecule has 0 bridgehead atoms. The van der Waals surface area contributed by atoms with Crippen molar-refractivity contribution in [2.45, 2.75) is 46.6 Å². The third-order valence-corrected chi connectivity index (χ3v) is 4.94. The summed E-state index contributed by atoms with van der Waals surface area (Å²) in [6.07, 6.45) is 2.93. The average Bonchev–Trinajstić information content (AvgIpc) is 2.73. The Morgan fingerprint density at radius 2 is 1.66 bits per heavy atom. The van der Waals surface area contributed by atoms with Crippen LogP contribution in [-0.2, 0) is 14.3 Å². The fourth-order valence-corrected chi connectivity index (χ4v) is 3.04. The quantitative estimate of drug-likeness (QED) is 0.344. The van der Waals surface area contributed by atoms with Gasteiger partial charge in [0.25, 0.3) is 0 Å². The van der Waals surface area contributed by atoms with Crippen molar-refractivity contribution in [2.75, 3.05) is 13.2 Å². The maximum atomic E-state index is 11.4. The maximum absolute atomic E-state index is 11.4. The number of benzene rings is 2. The molecule has 0 amide bonds. The van der Waals surface area contributed by atoms with Crippen LogP contribution in [0.5, 0.6) is 11.5 Å². The van der Waals surface area contributed by atoms with Gasteiger partial charge in [0.1, 0.15) is 11.5 Å². The molecule has 0 radical (unpaired) electrons. The van der Waals surface area contributed by atoms with Crippen LogP contribution in [0.2, 0.25) is 0 Å². The van der Waals surface area contributed by atoms with Crippen LogP contribution in [0.15, 0.2) is 60.2 Å². The molecule has 0 spiro atoms. The summed E-state index contributed by atoms with van der Waals surface area (Å²) in [7, 11) is 0. The standard InChI is InChI=1S/C26H32O6/c1-17(2)26(29)31-13-11-20(5)32-24-9-7-21-6-8-23(15-22(21)16-24)30-12-10-18(3)14-19(4)25(27)28/h6-9,14-16,18,20H,1,10-13H2,2-5H3,(H,27,28). The van der Waals surface area contributed by atoms with E-state index in [1.807, 2.05) is 50.2 Å². The summed E-state index contributed by atoms with van der Waals surface area (Å²) in [5.41, 5.74) is 0.728. The Morgan fingerprint density at radius 1 is 1.00 bits per heavy atom. The largest absolute Gasteiger partial charge is 0.494 e. The van der Waals surface area contributed by atoms with Gasteiger partial charge in [-0.25, -0.2) is 9.59 Å². The number of rotatable bonds is 12. The smallest absolute Gasteiger partial charge is 0.333 e. The fourth-order valence-electron chi connectivity index (χ4n) is 3.04. The highest BCUT2D eigenvalue weighted by Gasteiger charge is 2.09. The molecule has 2 aromatic carbocycles. The lowest BCUT2D eigenvalue weighted by Crippen LogP contribution is -2.16. The van der Waals surface area contributed by atoms with Gasteiger partial charge in [0.2, 0.25) is 0 Å². The van der Waals surface area contributed by atoms with Crippen LogP contribution in [0, 0.1) is 5.92 Å². The zero-order chi connectivity index (χ0) is 23.7. The van der Waals surface area contributed by atoms with Gasteiger partial charge in [-0.2, -0.15) is 0 Å². The molecule has 6 heteroatoms. The van der Waals surface area contributed by atoms with E-state index < -0.39 is 11.9 Å². The summed E-state index contributed by atoms with van der Waals surface area (Å²) in [5.74, 6) is 0.310. The second-order valence-electron chi connectivity index (χ2n) is 8.07. The molecule has 0 aliphatic rings. The van der Waals surface area contributed by atoms with Crippen LogP contribution in [-0.4, -0.2) is 36.4 Å². The van der Waals surface area contributed by atoms with Crippen LogP contribution >= 0.6 is 0 Å². The van der Waals surface area contributed by atoms with Crippen LogP contribution in [0.1, 0.15) is 40.5 Å². The van der Waals surface area contributed by atoms with Crippen molar-refractivity contribution in [2.24, 2.45) is 5.92 Å². The van der Waals surface area contributed by atoms with Crippen LogP contribution in [0.4, 0.5) is 0 Å². The Bertz CT molecular complexity index is 991. The summed E-state index contributed by atoms with van der Waals surface area (Å²) in [5, 5.41) is 11.0. The Labute approximate surface area is 189 Å². The Morgan fingerprint density at radius 3 is 2.31 bits per heavy atom. The number of allylic oxidation sites excluding steroid dienone is 1. The number of carboxylic acids is 1. The molecule has 0 saturated carbocycles. The monoisotopic (exact) mass is 440 g/mol. The first-order valence-corrected chi connectivity index (χ1v) is 10.7. The molecule has 32 heavy (non-hydrogen) atoms. The molecule has 0 aromatic heterocycles. The predicted octanol–water partition coefficient (Wildman–Crippen LogP) is 5.55. The predicted molar refractivity (Wildman–Crippen MR) is 125 cm³/mol. The average molecular weight is 441 g/mol. The molecule has 6 nitrogen and oxygen atoms in total. The van der Waals surface area contributed by atoms with Crippen molar-refractivity contribution in [1.29, 1.82) is 0 Å². The zero-order valence-electron chi connectivity index (χ0n) is 19.2. The summed E-state index contributed by atoms with van der Waals surface area (Å²) >= 11 is 0. The maximum Gasteiger partial charge on any atom is 0.333 e. The van der Waals surface area contributed by atoms with Gasteiger partial charge in [-0.3, -0.25) is 0 Å². The van der Waals surface area contributed by atoms with Crippen molar-refractivity contribution in [3.05, 3.63) is 60.2 Å². The van der Waals surface area contributed by atoms with Crippen LogP contribution < -0.4 is 9.47 Å². The van der Waals surface area contributed by atoms with Crippen molar-refractivity contribution in [3.8, 4) is 11.5 Å². The molecule has 1 N–H and O–H groups in total. The van der Waals surface area contributed by atoms with Gasteiger partial charge in [0, 0.05) is 17.6 Å². The number of carbonyl (C=O) groups excluding carboxylic acids is 1. The summed E-state index contributed by atoms with van der Waals surface area (Å²) in [4.78, 5) is 22.4. The first kappa shape index (κ1) is 25.0. The number of carbonyl (C=O) groups is 2. The summed E-state index contributed by atoms with van der Waals surface area (Å²) in [6.45, 7) is 11.4. The minimum absolute atomic E-state index is 0.114. The number of hydrogen-bond acceptors (Lipinski definition) is 5. The Hall–Kier alpha value is -3.28. The van der Waals surface area contributed by atoms with Crippen molar-refractivity contribution in [3.63, 3.8) is 0 Å². The molecule has 0 aliphatic carbocycles. The van der Waals surface area contributed by atoms with Gasteiger partial charge in [-0.15, -0.1) is 0 Å². The van der Waals surface area contributed by atoms with Crippen LogP contribution in [0.25, 0.3) is 10.8 Å². The van der Waals surface area contributed by atoms with Gasteiger partial charge in [-0.05, 0) is 68.1 Å². The lowest BCUT2D eigenvalue weighted by atomic mass is 10.1. The van der Waals surface area contributed by atoms with E-state index in [-0.39, 0.29) is 18.6 Å². The van der Waals surface area contributed by atoms with Gasteiger partial charge in [0.15, 0.2) is 0 Å². The van der Waals surface area contributed by atoms with Crippen molar-refractivity contribution >= 4 is 22.7 Å². The highest BCUT2D eigenvalue weighted by atomic mass is 16.5. The zero-order valence-corrected chi connectivity index (χ0v) is 19.2. The number of fused-ring (bicyclic) bond motifs is 1. The molecule has 0 fully saturated rings. The molecular weight excluding hydrogens is 408 g/mol. The molecule has 0 heterocycles. The van der Waals surface area contributed by atoms with Crippen molar-refractivity contribution < 1.29 is 28.9 Å². The SMILES string of the molecule is C=C(C)C(=O)OCCC(C)Oc1ccc2ccc(OCCC(C)C=C(C)C(=O)O)cc2c1. The first-order chi connectivity index (χ1) is 15.2. The van der Waals surface area contributed by atoms with Gasteiger partial charge >= 0.3 is 11.9 Å². The van der Waals surface area contributed by atoms with E-state index in [1.165, 1.54) is 0 Å². The minimum Gasteiger partial charge on any atom is -0.494 e. The van der Waals surface area contributed by atoms with Gasteiger partial charge in [0.05, 0.1) is 19.3 Å². The van der Waals surface area contributed by atoms with E-state index >= 15 is 0 Å². The molecular formula is C26H32O6. The summed E-state index contributed by atoms with van der Waals surface area (Å²) in [6, 6.07) is 11.7. The lowest BCUT2D eigenvalue weighted by Gasteiger charge is -2.15. The van der Waals surface area contributed by atoms with E-state index in [0.29, 0.717) is 24.2 Å². The van der Waals surface area contributed by atoms with Crippen molar-refractivity contribution in [1.82, 2.24) is 0 Å². The Kier molecular flexibility index (Phi) is 9.32. The molecule has 0 saturated heterocycles. The molecule has 172 valence electrons. The highest BCUT2D eigenvalue weighted by molar-refractivity contribution is 5.87. The van der Waals surface area contributed by atoms with E-state index in [9.17, 15) is 9.59 Å². The normalized spacial score (nSPS) is 13.3. The summed E-state index contributed by atoms with van der Waals surface area (Å²) < 4.78 is 17.0. The minimum atomic E-state index is -0.896. The number of carboxylic acid groups (broad SMARTS) is 1. The van der Waals surface area contributed by atoms with Crippen LogP contribution in [0.3, 0.4) is 0 Å². The molecule has 0 aliphatic heterocycles. The molecule has 2 atom stereocenters. The highest BCUT2D eigenvalue weighted by Crippen LogP contribution is 2.26. The lowest BCUT2D eigenvalue weighted by molar-refractivity contribution is -0.139. The van der Waals surface area contributed by atoms with E-state index in [0.717, 1.165) is 28.7 Å². The number of aliphatic carboxylic acids is 1. The van der Waals surface area contributed by atoms with E-state index in [2.05, 4.69) is 6.58 Å². The third-order valence-electron chi connectivity index (χ3n) is 4.94. The second-order valence-corrected chi connectivity index (χ2v) is 8.07. The molecule has 2 unspecified atom stereocenters. The fraction of sp³-hybridized carbons (Fsp3) is 0.385. The molecule has 2 rings (SSSR count). The molecule has 2 aromatic rings. The van der Waals surface area contributed by atoms with E-state index in [4.69, 9.17) is 19.3 Å².